The van der Waals surface area contributed by atoms with Gasteiger partial charge in [0.1, 0.15) is 24.2 Å². The first kappa shape index (κ1) is 44.9. The van der Waals surface area contributed by atoms with Gasteiger partial charge in [0.05, 0.1) is 0 Å². The van der Waals surface area contributed by atoms with Gasteiger partial charge < -0.3 is 65.3 Å². The van der Waals surface area contributed by atoms with E-state index in [1.165, 1.54) is 0 Å². The van der Waals surface area contributed by atoms with Crippen LogP contribution in [0.3, 0.4) is 0 Å². The molecule has 0 radical (unpaired) electrons. The van der Waals surface area contributed by atoms with Gasteiger partial charge in [-0.2, -0.15) is 0 Å². The average molecular weight is 735 g/mol. The van der Waals surface area contributed by atoms with Crippen molar-refractivity contribution in [2.45, 2.75) is 75.8 Å². The molecule has 17 nitrogen and oxygen atoms in total. The third kappa shape index (κ3) is 16.6. The van der Waals surface area contributed by atoms with Crippen molar-refractivity contribution in [1.29, 1.82) is 0 Å². The molecular weight excluding hydrogens is 683 g/mol. The van der Waals surface area contributed by atoms with Gasteiger partial charge in [-0.1, -0.05) is 48.5 Å². The number of allylic oxidation sites excluding steroid dienone is 4. The van der Waals surface area contributed by atoms with Crippen LogP contribution in [0, 0.1) is 0 Å². The molecule has 51 heavy (non-hydrogen) atoms. The number of nitrogens with two attached hydrogens (primary N) is 5. The van der Waals surface area contributed by atoms with Crippen molar-refractivity contribution in [1.82, 2.24) is 26.6 Å². The highest BCUT2D eigenvalue weighted by Gasteiger charge is 2.31. The molecular formula is C32H52BClN10O7. The van der Waals surface area contributed by atoms with Gasteiger partial charge in [-0.25, -0.2) is 0 Å². The van der Waals surface area contributed by atoms with E-state index in [0.29, 0.717) is 43.8 Å². The van der Waals surface area contributed by atoms with Crippen LogP contribution in [0.25, 0.3) is 5.57 Å². The normalized spacial score (nSPS) is 14.6. The first-order valence-corrected chi connectivity index (χ1v) is 16.8. The Hall–Kier alpha value is -4.14. The van der Waals surface area contributed by atoms with Crippen LogP contribution in [0.2, 0.25) is 5.02 Å². The highest BCUT2D eigenvalue weighted by Crippen LogP contribution is 2.19. The third-order valence-electron chi connectivity index (χ3n) is 7.50. The second-order valence-electron chi connectivity index (χ2n) is 11.6. The lowest BCUT2D eigenvalue weighted by Crippen LogP contribution is -2.62. The van der Waals surface area contributed by atoms with Gasteiger partial charge in [0.15, 0.2) is 6.17 Å². The Morgan fingerprint density at radius 2 is 1.27 bits per heavy atom. The molecule has 17 N–H and O–H groups in total. The van der Waals surface area contributed by atoms with E-state index in [1.54, 1.807) is 49.4 Å². The van der Waals surface area contributed by atoms with Crippen molar-refractivity contribution in [2.75, 3.05) is 19.6 Å². The smallest absolute Gasteiger partial charge is 0.425 e. The number of hydrogen-bond donors (Lipinski definition) is 12. The van der Waals surface area contributed by atoms with E-state index in [-0.39, 0.29) is 25.0 Å². The number of amides is 5. The highest BCUT2D eigenvalue weighted by molar-refractivity contribution is 6.43. The second kappa shape index (κ2) is 24.1. The van der Waals surface area contributed by atoms with Crippen LogP contribution in [0.5, 0.6) is 0 Å². The minimum Gasteiger partial charge on any atom is -0.425 e. The largest absolute Gasteiger partial charge is 0.490 e. The predicted molar refractivity (Wildman–Crippen MR) is 196 cm³/mol. The Balaban J connectivity index is 3.01. The van der Waals surface area contributed by atoms with E-state index >= 15 is 0 Å². The molecule has 0 aliphatic heterocycles. The minimum atomic E-state index is -2.05. The summed E-state index contributed by atoms with van der Waals surface area (Å²) in [4.78, 5) is 65.0. The van der Waals surface area contributed by atoms with Crippen molar-refractivity contribution in [2.24, 2.45) is 28.7 Å². The van der Waals surface area contributed by atoms with Gasteiger partial charge in [-0.3, -0.25) is 24.0 Å². The molecule has 19 heteroatoms. The topological polar surface area (TPSA) is 316 Å². The predicted octanol–water partition coefficient (Wildman–Crippen LogP) is -2.66. The summed E-state index contributed by atoms with van der Waals surface area (Å²) in [5, 5.41) is 31.0. The first-order chi connectivity index (χ1) is 24.2. The third-order valence-corrected chi connectivity index (χ3v) is 7.75. The summed E-state index contributed by atoms with van der Waals surface area (Å²) in [5.74, 6) is -3.92. The molecule has 0 bridgehead atoms. The molecule has 0 fully saturated rings. The zero-order chi connectivity index (χ0) is 38.5. The molecule has 5 amide bonds. The quantitative estimate of drug-likeness (QED) is 0.0180. The molecule has 0 spiro atoms. The zero-order valence-electron chi connectivity index (χ0n) is 28.8. The lowest BCUT2D eigenvalue weighted by Gasteiger charge is -2.25. The summed E-state index contributed by atoms with van der Waals surface area (Å²) in [5.41, 5.74) is 30.2. The molecule has 5 atom stereocenters. The van der Waals surface area contributed by atoms with E-state index in [0.717, 1.165) is 11.1 Å². The Kier molecular flexibility index (Phi) is 21.2. The first-order valence-electron chi connectivity index (χ1n) is 16.5. The van der Waals surface area contributed by atoms with Crippen molar-refractivity contribution >= 4 is 53.8 Å². The monoisotopic (exact) mass is 734 g/mol. The average Bonchev–Trinajstić information content (AvgIpc) is 3.10. The van der Waals surface area contributed by atoms with Crippen LogP contribution in [0.1, 0.15) is 51.0 Å². The molecule has 0 saturated heterocycles. The molecule has 1 rings (SSSR count). The minimum absolute atomic E-state index is 0.108. The molecule has 0 aliphatic carbocycles. The number of hydrogen-bond acceptors (Lipinski definition) is 12. The zero-order valence-corrected chi connectivity index (χ0v) is 29.5. The standard InChI is InChI=1S/C32H52BClN10O7/c1-3-20(21-12-14-22(34)15-13-21)11-10-19(2)27(45)42-25(18-37)30(48)40-23(8-4-6-16-35)28(46)43-26(38)31(49)41-24(9-5-7-17-36)29(47)44-32(39)33(50)51/h3,10-15,23-26,32,50-51H,1,4-9,16-18,35-39H2,2H3,(H,40,48)(H,41,49)(H,42,45)(H,43,46)(H,44,47)/b19-10+,20-11+/t23-,24-,25-,26+,32+/m0/s1. The maximum absolute atomic E-state index is 13.3. The number of benzene rings is 1. The van der Waals surface area contributed by atoms with Crippen molar-refractivity contribution < 1.29 is 34.0 Å². The summed E-state index contributed by atoms with van der Waals surface area (Å²) >= 11 is 5.96. The van der Waals surface area contributed by atoms with Gasteiger partial charge >= 0.3 is 7.12 Å². The number of carbonyl (C=O) groups is 5. The van der Waals surface area contributed by atoms with Crippen molar-refractivity contribution in [3.8, 4) is 0 Å². The van der Waals surface area contributed by atoms with Gasteiger partial charge in [0, 0.05) is 17.1 Å². The Labute approximate surface area is 303 Å². The van der Waals surface area contributed by atoms with Crippen LogP contribution >= 0.6 is 11.6 Å². The van der Waals surface area contributed by atoms with Crippen molar-refractivity contribution in [3.63, 3.8) is 0 Å². The van der Waals surface area contributed by atoms with Crippen LogP contribution in [-0.4, -0.2) is 96.7 Å². The molecule has 1 aromatic rings. The lowest BCUT2D eigenvalue weighted by molar-refractivity contribution is -0.134. The number of halogens is 1. The number of unbranched alkanes of at least 4 members (excludes halogenated alkanes) is 2. The number of nitrogens with one attached hydrogen (secondary N) is 5. The molecule has 1 aromatic carbocycles. The molecule has 0 aromatic heterocycles. The maximum Gasteiger partial charge on any atom is 0.490 e. The van der Waals surface area contributed by atoms with E-state index < -0.39 is 67.0 Å². The van der Waals surface area contributed by atoms with Gasteiger partial charge in [0.2, 0.25) is 23.6 Å². The summed E-state index contributed by atoms with van der Waals surface area (Å²) in [6.07, 6.45) is 5.30. The highest BCUT2D eigenvalue weighted by atomic mass is 35.5. The van der Waals surface area contributed by atoms with Gasteiger partial charge in [-0.15, -0.1) is 0 Å². The van der Waals surface area contributed by atoms with Crippen LogP contribution in [0.4, 0.5) is 0 Å². The van der Waals surface area contributed by atoms with Crippen LogP contribution < -0.4 is 55.3 Å². The molecule has 282 valence electrons. The lowest BCUT2D eigenvalue weighted by atomic mass is 9.86. The molecule has 0 aliphatic rings. The summed E-state index contributed by atoms with van der Waals surface area (Å²) in [6, 6.07) is 1.91. The molecule has 0 heterocycles. The van der Waals surface area contributed by atoms with Crippen molar-refractivity contribution in [3.05, 3.63) is 65.2 Å². The fourth-order valence-corrected chi connectivity index (χ4v) is 4.56. The SMILES string of the molecule is C=C/C(=C\C=C(/C)C(=O)N[C@@H](CN)C(=O)N[C@@H](CCCCN)C(=O)N[C@@H](N)C(=O)N[C@@H](CCCCN)C(=O)N[C@@H](N)B(O)O)c1ccc(Cl)cc1. The van der Waals surface area contributed by atoms with Gasteiger partial charge in [-0.05, 0) is 81.8 Å². The van der Waals surface area contributed by atoms with E-state index in [9.17, 15) is 34.0 Å². The summed E-state index contributed by atoms with van der Waals surface area (Å²) in [7, 11) is -2.05. The van der Waals surface area contributed by atoms with Crippen LogP contribution in [0.15, 0.2) is 54.6 Å². The Bertz CT molecular complexity index is 1380. The number of carbonyl (C=O) groups excluding carboxylic acids is 5. The van der Waals surface area contributed by atoms with E-state index in [1.807, 2.05) is 0 Å². The second-order valence-corrected chi connectivity index (χ2v) is 12.0. The van der Waals surface area contributed by atoms with E-state index in [2.05, 4.69) is 33.2 Å². The molecule has 0 saturated carbocycles. The Morgan fingerprint density at radius 1 is 0.765 bits per heavy atom. The molecule has 0 unspecified atom stereocenters. The Morgan fingerprint density at radius 3 is 1.76 bits per heavy atom. The van der Waals surface area contributed by atoms with E-state index in [4.69, 9.17) is 40.3 Å². The fraction of sp³-hybridized carbons (Fsp3) is 0.469. The summed E-state index contributed by atoms with van der Waals surface area (Å²) in [6.45, 7) is 5.70. The summed E-state index contributed by atoms with van der Waals surface area (Å²) < 4.78 is 0. The maximum atomic E-state index is 13.3. The fourth-order valence-electron chi connectivity index (χ4n) is 4.43. The van der Waals surface area contributed by atoms with Crippen LogP contribution in [-0.2, 0) is 24.0 Å². The number of rotatable bonds is 23. The van der Waals surface area contributed by atoms with Gasteiger partial charge in [0.25, 0.3) is 5.91 Å².